The van der Waals surface area contributed by atoms with E-state index in [1.54, 1.807) is 0 Å². The number of hydrogen-bond donors (Lipinski definition) is 1. The number of benzene rings is 1. The normalized spacial score (nSPS) is 14.5. The lowest BCUT2D eigenvalue weighted by molar-refractivity contribution is 0.504. The Morgan fingerprint density at radius 1 is 1.43 bits per heavy atom. The minimum absolute atomic E-state index is 0.344. The molecule has 0 bridgehead atoms. The van der Waals surface area contributed by atoms with Crippen molar-refractivity contribution in [2.24, 2.45) is 5.73 Å². The molecule has 0 radical (unpaired) electrons. The van der Waals surface area contributed by atoms with Crippen LogP contribution in [0.2, 0.25) is 0 Å². The van der Waals surface area contributed by atoms with Gasteiger partial charge in [0.25, 0.3) is 0 Å². The molecule has 2 N–H and O–H groups in total. The number of nitrogens with two attached hydrogens (primary N) is 1. The Kier molecular flexibility index (Phi) is 2.93. The summed E-state index contributed by atoms with van der Waals surface area (Å²) in [6.07, 6.45) is 0.344. The van der Waals surface area contributed by atoms with Crippen LogP contribution in [0.5, 0.6) is 0 Å². The summed E-state index contributed by atoms with van der Waals surface area (Å²) in [7, 11) is 0. The van der Waals surface area contributed by atoms with E-state index in [0.29, 0.717) is 6.42 Å². The number of aryl methyl sites for hydroxylation is 2. The Bertz CT molecular complexity index is 372. The van der Waals surface area contributed by atoms with Gasteiger partial charge >= 0.3 is 0 Å². The van der Waals surface area contributed by atoms with Crippen LogP contribution in [0.3, 0.4) is 0 Å². The fourth-order valence-electron chi connectivity index (χ4n) is 1.71. The highest BCUT2D eigenvalue weighted by atomic mass is 14.7. The molecule has 0 aliphatic heterocycles. The smallest absolute Gasteiger partial charge is 0.0644 e. The quantitative estimate of drug-likeness (QED) is 0.774. The zero-order valence-corrected chi connectivity index (χ0v) is 8.96. The van der Waals surface area contributed by atoms with E-state index in [4.69, 9.17) is 11.0 Å². The molecule has 74 valence electrons. The van der Waals surface area contributed by atoms with Crippen molar-refractivity contribution in [1.82, 2.24) is 0 Å². The first kappa shape index (κ1) is 10.7. The fraction of sp³-hybridized carbons (Fsp3) is 0.417. The van der Waals surface area contributed by atoms with Crippen molar-refractivity contribution >= 4 is 0 Å². The van der Waals surface area contributed by atoms with E-state index in [1.165, 1.54) is 5.56 Å². The zero-order chi connectivity index (χ0) is 10.8. The highest BCUT2D eigenvalue weighted by molar-refractivity contribution is 5.35. The molecule has 0 saturated carbocycles. The molecule has 0 heterocycles. The first-order valence-corrected chi connectivity index (χ1v) is 4.71. The van der Waals surface area contributed by atoms with Crippen LogP contribution in [0.15, 0.2) is 18.2 Å². The van der Waals surface area contributed by atoms with Crippen LogP contribution in [0, 0.1) is 25.2 Å². The summed E-state index contributed by atoms with van der Waals surface area (Å²) in [5.41, 5.74) is 8.98. The van der Waals surface area contributed by atoms with E-state index >= 15 is 0 Å². The third kappa shape index (κ3) is 2.12. The van der Waals surface area contributed by atoms with Crippen molar-refractivity contribution in [1.29, 1.82) is 5.26 Å². The van der Waals surface area contributed by atoms with E-state index in [9.17, 15) is 0 Å². The van der Waals surface area contributed by atoms with E-state index < -0.39 is 5.54 Å². The molecule has 0 amide bonds. The predicted molar refractivity (Wildman–Crippen MR) is 57.7 cm³/mol. The molecule has 2 heteroatoms. The molecule has 0 saturated heterocycles. The molecule has 0 fully saturated rings. The van der Waals surface area contributed by atoms with Gasteiger partial charge in [0.2, 0.25) is 0 Å². The van der Waals surface area contributed by atoms with Crippen LogP contribution in [-0.4, -0.2) is 0 Å². The predicted octanol–water partition coefficient (Wildman–Crippen LogP) is 2.39. The largest absolute Gasteiger partial charge is 0.321 e. The third-order valence-corrected chi connectivity index (χ3v) is 2.44. The van der Waals surface area contributed by atoms with Crippen LogP contribution in [-0.2, 0) is 5.54 Å². The van der Waals surface area contributed by atoms with Crippen molar-refractivity contribution in [3.8, 4) is 6.07 Å². The maximum absolute atomic E-state index is 8.68. The first-order chi connectivity index (χ1) is 6.47. The molecule has 0 aliphatic rings. The Balaban J connectivity index is 3.14. The molecule has 1 aromatic carbocycles. The number of hydrogen-bond acceptors (Lipinski definition) is 2. The average molecular weight is 188 g/mol. The van der Waals surface area contributed by atoms with Crippen molar-refractivity contribution in [3.63, 3.8) is 0 Å². The number of nitriles is 1. The van der Waals surface area contributed by atoms with E-state index in [2.05, 4.69) is 19.1 Å². The molecule has 0 aliphatic carbocycles. The van der Waals surface area contributed by atoms with Gasteiger partial charge in [-0.15, -0.1) is 0 Å². The highest BCUT2D eigenvalue weighted by Gasteiger charge is 2.22. The highest BCUT2D eigenvalue weighted by Crippen LogP contribution is 2.24. The second kappa shape index (κ2) is 3.81. The molecular formula is C12H16N2. The van der Waals surface area contributed by atoms with Gasteiger partial charge in [0.15, 0.2) is 0 Å². The van der Waals surface area contributed by atoms with Gasteiger partial charge in [0, 0.05) is 0 Å². The monoisotopic (exact) mass is 188 g/mol. The Morgan fingerprint density at radius 2 is 2.07 bits per heavy atom. The minimum Gasteiger partial charge on any atom is -0.321 e. The SMILES string of the molecule is Cc1ccc([C@@](C)(N)CC#N)c(C)c1. The molecule has 2 nitrogen and oxygen atoms in total. The molecule has 1 atom stereocenters. The van der Waals surface area contributed by atoms with Gasteiger partial charge in [-0.1, -0.05) is 23.8 Å². The molecule has 1 aromatic rings. The summed E-state index contributed by atoms with van der Waals surface area (Å²) in [4.78, 5) is 0. The van der Waals surface area contributed by atoms with Crippen LogP contribution < -0.4 is 5.73 Å². The molecular weight excluding hydrogens is 172 g/mol. The standard InChI is InChI=1S/C12H16N2/c1-9-4-5-11(10(2)8-9)12(3,14)6-7-13/h4-5,8H,6,14H2,1-3H3/t12-/m0/s1. The molecule has 1 rings (SSSR count). The summed E-state index contributed by atoms with van der Waals surface area (Å²) < 4.78 is 0. The van der Waals surface area contributed by atoms with Gasteiger partial charge in [0.1, 0.15) is 0 Å². The Labute approximate surface area is 85.4 Å². The van der Waals surface area contributed by atoms with Gasteiger partial charge in [-0.05, 0) is 31.9 Å². The molecule has 0 unspecified atom stereocenters. The minimum atomic E-state index is -0.535. The second-order valence-corrected chi connectivity index (χ2v) is 4.07. The van der Waals surface area contributed by atoms with Gasteiger partial charge < -0.3 is 5.73 Å². The van der Waals surface area contributed by atoms with Gasteiger partial charge in [0.05, 0.1) is 18.0 Å². The van der Waals surface area contributed by atoms with E-state index in [1.807, 2.05) is 26.0 Å². The van der Waals surface area contributed by atoms with Gasteiger partial charge in [-0.3, -0.25) is 0 Å². The summed E-state index contributed by atoms with van der Waals surface area (Å²) in [6, 6.07) is 8.27. The molecule has 0 aromatic heterocycles. The van der Waals surface area contributed by atoms with Crippen molar-refractivity contribution < 1.29 is 0 Å². The van der Waals surface area contributed by atoms with Crippen molar-refractivity contribution in [3.05, 3.63) is 34.9 Å². The first-order valence-electron chi connectivity index (χ1n) is 4.71. The van der Waals surface area contributed by atoms with Crippen LogP contribution >= 0.6 is 0 Å². The van der Waals surface area contributed by atoms with Crippen LogP contribution in [0.4, 0.5) is 0 Å². The lowest BCUT2D eigenvalue weighted by atomic mass is 9.86. The maximum Gasteiger partial charge on any atom is 0.0644 e. The topological polar surface area (TPSA) is 49.8 Å². The zero-order valence-electron chi connectivity index (χ0n) is 8.96. The molecule has 14 heavy (non-hydrogen) atoms. The summed E-state index contributed by atoms with van der Waals surface area (Å²) in [5.74, 6) is 0. The Morgan fingerprint density at radius 3 is 2.57 bits per heavy atom. The summed E-state index contributed by atoms with van der Waals surface area (Å²) >= 11 is 0. The Hall–Kier alpha value is -1.33. The second-order valence-electron chi connectivity index (χ2n) is 4.07. The van der Waals surface area contributed by atoms with E-state index in [-0.39, 0.29) is 0 Å². The van der Waals surface area contributed by atoms with Crippen molar-refractivity contribution in [2.45, 2.75) is 32.7 Å². The molecule has 0 spiro atoms. The van der Waals surface area contributed by atoms with Gasteiger partial charge in [-0.2, -0.15) is 5.26 Å². The fourth-order valence-corrected chi connectivity index (χ4v) is 1.71. The summed E-state index contributed by atoms with van der Waals surface area (Å²) in [6.45, 7) is 5.98. The lowest BCUT2D eigenvalue weighted by Crippen LogP contribution is -2.33. The average Bonchev–Trinajstić information content (AvgIpc) is 2.02. The summed E-state index contributed by atoms with van der Waals surface area (Å²) in [5, 5.41) is 8.68. The third-order valence-electron chi connectivity index (χ3n) is 2.44. The van der Waals surface area contributed by atoms with Gasteiger partial charge in [-0.25, -0.2) is 0 Å². The maximum atomic E-state index is 8.68. The lowest BCUT2D eigenvalue weighted by Gasteiger charge is -2.24. The van der Waals surface area contributed by atoms with Crippen molar-refractivity contribution in [2.75, 3.05) is 0 Å². The van der Waals surface area contributed by atoms with Crippen LogP contribution in [0.1, 0.15) is 30.0 Å². The number of rotatable bonds is 2. The number of nitrogens with zero attached hydrogens (tertiary/aromatic N) is 1. The van der Waals surface area contributed by atoms with Crippen LogP contribution in [0.25, 0.3) is 0 Å². The van der Waals surface area contributed by atoms with E-state index in [0.717, 1.165) is 11.1 Å².